The first kappa shape index (κ1) is 18.2. The minimum absolute atomic E-state index is 0.130. The van der Waals surface area contributed by atoms with Crippen LogP contribution in [0.1, 0.15) is 30.0 Å². The standard InChI is InChI=1S/C23H23N3O2/c24-19(18-10-5-8-15-6-1-3-9-17(15)18)14-22(27)25-21-13-12-16-7-2-4-11-20(16)26-23(21)28/h1-11,19,21H,12-14,24H2,(H,25,27)(H,26,28)/t19?,21-/m1/s1. The van der Waals surface area contributed by atoms with Crippen LogP contribution in [0, 0.1) is 0 Å². The molecule has 1 unspecified atom stereocenters. The number of aryl methyl sites for hydroxylation is 1. The predicted molar refractivity (Wildman–Crippen MR) is 111 cm³/mol. The van der Waals surface area contributed by atoms with Gasteiger partial charge in [0.1, 0.15) is 6.04 Å². The van der Waals surface area contributed by atoms with Gasteiger partial charge in [0.15, 0.2) is 0 Å². The van der Waals surface area contributed by atoms with Gasteiger partial charge in [0.05, 0.1) is 0 Å². The molecule has 0 saturated heterocycles. The topological polar surface area (TPSA) is 84.2 Å². The molecule has 142 valence electrons. The number of hydrogen-bond donors (Lipinski definition) is 3. The van der Waals surface area contributed by atoms with E-state index in [-0.39, 0.29) is 18.2 Å². The van der Waals surface area contributed by atoms with Gasteiger partial charge in [-0.2, -0.15) is 0 Å². The SMILES string of the molecule is NC(CC(=O)N[C@@H]1CCc2ccccc2NC1=O)c1cccc2ccccc12. The number of carbonyl (C=O) groups excluding carboxylic acids is 2. The first-order valence-electron chi connectivity index (χ1n) is 9.53. The number of amides is 2. The minimum Gasteiger partial charge on any atom is -0.344 e. The molecule has 0 radical (unpaired) electrons. The molecule has 0 bridgehead atoms. The molecule has 3 aromatic carbocycles. The first-order valence-corrected chi connectivity index (χ1v) is 9.53. The molecule has 5 nitrogen and oxygen atoms in total. The molecule has 5 heteroatoms. The van der Waals surface area contributed by atoms with Crippen molar-refractivity contribution < 1.29 is 9.59 Å². The van der Waals surface area contributed by atoms with Crippen LogP contribution in [0.3, 0.4) is 0 Å². The molecule has 1 aliphatic heterocycles. The fourth-order valence-electron chi connectivity index (χ4n) is 3.79. The summed E-state index contributed by atoms with van der Waals surface area (Å²) >= 11 is 0. The molecule has 0 aromatic heterocycles. The number of hydrogen-bond acceptors (Lipinski definition) is 3. The van der Waals surface area contributed by atoms with Crippen LogP contribution in [0.5, 0.6) is 0 Å². The minimum atomic E-state index is -0.556. The Morgan fingerprint density at radius 3 is 2.71 bits per heavy atom. The highest BCUT2D eigenvalue weighted by atomic mass is 16.2. The Bertz CT molecular complexity index is 1030. The van der Waals surface area contributed by atoms with E-state index in [1.807, 2.05) is 66.7 Å². The molecule has 1 aliphatic rings. The number of benzene rings is 3. The van der Waals surface area contributed by atoms with E-state index in [4.69, 9.17) is 5.73 Å². The molecule has 0 spiro atoms. The van der Waals surface area contributed by atoms with E-state index in [9.17, 15) is 9.59 Å². The summed E-state index contributed by atoms with van der Waals surface area (Å²) in [6.45, 7) is 0. The van der Waals surface area contributed by atoms with Gasteiger partial charge >= 0.3 is 0 Å². The van der Waals surface area contributed by atoms with Gasteiger partial charge in [-0.1, -0.05) is 60.7 Å². The van der Waals surface area contributed by atoms with Crippen LogP contribution in [0.15, 0.2) is 66.7 Å². The fourth-order valence-corrected chi connectivity index (χ4v) is 3.79. The highest BCUT2D eigenvalue weighted by Gasteiger charge is 2.25. The third-order valence-electron chi connectivity index (χ3n) is 5.26. The molecule has 0 aliphatic carbocycles. The van der Waals surface area contributed by atoms with Crippen molar-refractivity contribution in [2.75, 3.05) is 5.32 Å². The summed E-state index contributed by atoms with van der Waals surface area (Å²) in [6.07, 6.45) is 1.43. The van der Waals surface area contributed by atoms with Crippen molar-refractivity contribution in [3.63, 3.8) is 0 Å². The third-order valence-corrected chi connectivity index (χ3v) is 5.26. The molecule has 4 rings (SSSR count). The van der Waals surface area contributed by atoms with Gasteiger partial charge < -0.3 is 16.4 Å². The predicted octanol–water partition coefficient (Wildman–Crippen LogP) is 3.30. The zero-order valence-electron chi connectivity index (χ0n) is 15.5. The van der Waals surface area contributed by atoms with E-state index in [1.54, 1.807) is 0 Å². The Morgan fingerprint density at radius 1 is 1.07 bits per heavy atom. The molecular formula is C23H23N3O2. The maximum Gasteiger partial charge on any atom is 0.246 e. The molecule has 4 N–H and O–H groups in total. The smallest absolute Gasteiger partial charge is 0.246 e. The van der Waals surface area contributed by atoms with Crippen LogP contribution < -0.4 is 16.4 Å². The van der Waals surface area contributed by atoms with Crippen molar-refractivity contribution in [2.45, 2.75) is 31.3 Å². The van der Waals surface area contributed by atoms with Gasteiger partial charge in [-0.3, -0.25) is 9.59 Å². The number of nitrogens with one attached hydrogen (secondary N) is 2. The zero-order chi connectivity index (χ0) is 19.5. The normalized spacial score (nSPS) is 17.3. The first-order chi connectivity index (χ1) is 13.6. The van der Waals surface area contributed by atoms with Crippen molar-refractivity contribution in [2.24, 2.45) is 5.73 Å². The largest absolute Gasteiger partial charge is 0.344 e. The Hall–Kier alpha value is -3.18. The summed E-state index contributed by atoms with van der Waals surface area (Å²) in [5, 5.41) is 7.91. The Labute approximate surface area is 163 Å². The average molecular weight is 373 g/mol. The molecule has 0 fully saturated rings. The number of carbonyl (C=O) groups is 2. The molecule has 0 saturated carbocycles. The second-order valence-electron chi connectivity index (χ2n) is 7.18. The Morgan fingerprint density at radius 2 is 1.82 bits per heavy atom. The van der Waals surface area contributed by atoms with Crippen LogP contribution in [0.2, 0.25) is 0 Å². The second-order valence-corrected chi connectivity index (χ2v) is 7.18. The van der Waals surface area contributed by atoms with E-state index in [2.05, 4.69) is 10.6 Å². The van der Waals surface area contributed by atoms with Gasteiger partial charge in [-0.25, -0.2) is 0 Å². The van der Waals surface area contributed by atoms with Gasteiger partial charge in [-0.15, -0.1) is 0 Å². The number of para-hydroxylation sites is 1. The maximum atomic E-state index is 12.6. The Kier molecular flexibility index (Phi) is 5.08. The summed E-state index contributed by atoms with van der Waals surface area (Å²) < 4.78 is 0. The fraction of sp³-hybridized carbons (Fsp3) is 0.217. The van der Waals surface area contributed by atoms with Gasteiger partial charge in [-0.05, 0) is 40.8 Å². The van der Waals surface area contributed by atoms with Gasteiger partial charge in [0, 0.05) is 18.2 Å². The monoisotopic (exact) mass is 373 g/mol. The van der Waals surface area contributed by atoms with Crippen LogP contribution in [-0.2, 0) is 16.0 Å². The van der Waals surface area contributed by atoms with Crippen molar-refractivity contribution in [3.8, 4) is 0 Å². The number of anilines is 1. The average Bonchev–Trinajstić information content (AvgIpc) is 2.86. The molecular weight excluding hydrogens is 350 g/mol. The quantitative estimate of drug-likeness (QED) is 0.656. The van der Waals surface area contributed by atoms with Crippen LogP contribution in [-0.4, -0.2) is 17.9 Å². The van der Waals surface area contributed by atoms with Crippen LogP contribution in [0.25, 0.3) is 10.8 Å². The molecule has 3 aromatic rings. The van der Waals surface area contributed by atoms with Gasteiger partial charge in [0.25, 0.3) is 0 Å². The van der Waals surface area contributed by atoms with E-state index in [0.717, 1.165) is 34.0 Å². The molecule has 2 atom stereocenters. The van der Waals surface area contributed by atoms with Crippen molar-refractivity contribution in [3.05, 3.63) is 77.9 Å². The lowest BCUT2D eigenvalue weighted by Crippen LogP contribution is -2.44. The maximum absolute atomic E-state index is 12.6. The summed E-state index contributed by atoms with van der Waals surface area (Å²) in [4.78, 5) is 25.1. The summed E-state index contributed by atoms with van der Waals surface area (Å²) in [5.41, 5.74) is 9.18. The Balaban J connectivity index is 1.43. The highest BCUT2D eigenvalue weighted by molar-refractivity contribution is 5.98. The van der Waals surface area contributed by atoms with Crippen LogP contribution >= 0.6 is 0 Å². The summed E-state index contributed by atoms with van der Waals surface area (Å²) in [5.74, 6) is -0.399. The second kappa shape index (κ2) is 7.82. The van der Waals surface area contributed by atoms with E-state index >= 15 is 0 Å². The lowest BCUT2D eigenvalue weighted by Gasteiger charge is -2.18. The third kappa shape index (κ3) is 3.75. The molecule has 1 heterocycles. The van der Waals surface area contributed by atoms with E-state index in [0.29, 0.717) is 6.42 Å². The molecule has 28 heavy (non-hydrogen) atoms. The highest BCUT2D eigenvalue weighted by Crippen LogP contribution is 2.25. The van der Waals surface area contributed by atoms with Crippen LogP contribution in [0.4, 0.5) is 5.69 Å². The van der Waals surface area contributed by atoms with Crippen molar-refractivity contribution >= 4 is 28.3 Å². The van der Waals surface area contributed by atoms with Crippen molar-refractivity contribution in [1.29, 1.82) is 0 Å². The lowest BCUT2D eigenvalue weighted by molar-refractivity contribution is -0.126. The van der Waals surface area contributed by atoms with Gasteiger partial charge in [0.2, 0.25) is 11.8 Å². The van der Waals surface area contributed by atoms with Crippen molar-refractivity contribution in [1.82, 2.24) is 5.32 Å². The molecule has 2 amide bonds. The number of nitrogens with two attached hydrogens (primary N) is 1. The van der Waals surface area contributed by atoms with E-state index in [1.165, 1.54) is 0 Å². The van der Waals surface area contributed by atoms with E-state index < -0.39 is 12.1 Å². The summed E-state index contributed by atoms with van der Waals surface area (Å²) in [7, 11) is 0. The number of rotatable bonds is 4. The lowest BCUT2D eigenvalue weighted by atomic mass is 9.97. The number of fused-ring (bicyclic) bond motifs is 2. The zero-order valence-corrected chi connectivity index (χ0v) is 15.5. The summed E-state index contributed by atoms with van der Waals surface area (Å²) in [6, 6.07) is 20.6.